The second-order valence-corrected chi connectivity index (χ2v) is 4.18. The van der Waals surface area contributed by atoms with Gasteiger partial charge in [0.05, 0.1) is 0 Å². The van der Waals surface area contributed by atoms with Gasteiger partial charge in [-0.25, -0.2) is 0 Å². The maximum Gasteiger partial charge on any atom is 0.127 e. The number of benzene rings is 1. The van der Waals surface area contributed by atoms with Crippen molar-refractivity contribution < 1.29 is 4.79 Å². The van der Waals surface area contributed by atoms with Gasteiger partial charge in [0.2, 0.25) is 0 Å². The lowest BCUT2D eigenvalue weighted by Crippen LogP contribution is -2.00. The molecule has 0 aliphatic rings. The van der Waals surface area contributed by atoms with Crippen LogP contribution in [0.15, 0.2) is 18.2 Å². The number of carbonyl (C=O) groups excluding carboxylic acids is 1. The molecule has 0 N–H and O–H groups in total. The fourth-order valence-electron chi connectivity index (χ4n) is 1.30. The molecule has 13 heavy (non-hydrogen) atoms. The summed E-state index contributed by atoms with van der Waals surface area (Å²) in [5.41, 5.74) is 2.47. The smallest absolute Gasteiger partial charge is 0.127 e. The molecule has 1 atom stereocenters. The molecule has 2 heteroatoms. The van der Waals surface area contributed by atoms with Gasteiger partial charge in [-0.1, -0.05) is 32.0 Å². The first kappa shape index (κ1) is 10.7. The van der Waals surface area contributed by atoms with Gasteiger partial charge in [0.15, 0.2) is 0 Å². The van der Waals surface area contributed by atoms with E-state index in [1.54, 1.807) is 0 Å². The minimum atomic E-state index is 0.0124. The zero-order chi connectivity index (χ0) is 9.84. The van der Waals surface area contributed by atoms with Crippen LogP contribution in [0.4, 0.5) is 0 Å². The number of carbonyl (C=O) groups is 1. The molecular weight excluding hydrogens is 275 g/mol. The second kappa shape index (κ2) is 4.74. The van der Waals surface area contributed by atoms with Gasteiger partial charge in [-0.15, -0.1) is 0 Å². The van der Waals surface area contributed by atoms with Crippen molar-refractivity contribution in [3.8, 4) is 0 Å². The molecule has 0 fully saturated rings. The Labute approximate surface area is 92.7 Å². The molecule has 0 amide bonds. The van der Waals surface area contributed by atoms with Crippen molar-refractivity contribution in [2.24, 2.45) is 0 Å². The summed E-state index contributed by atoms with van der Waals surface area (Å²) in [6.07, 6.45) is 2.02. The Kier molecular flexibility index (Phi) is 3.90. The molecule has 1 unspecified atom stereocenters. The maximum atomic E-state index is 10.7. The van der Waals surface area contributed by atoms with Crippen molar-refractivity contribution in [3.05, 3.63) is 32.9 Å². The zero-order valence-corrected chi connectivity index (χ0v) is 10.0. The van der Waals surface area contributed by atoms with E-state index in [1.165, 1.54) is 9.13 Å². The van der Waals surface area contributed by atoms with Gasteiger partial charge in [0, 0.05) is 9.49 Å². The monoisotopic (exact) mass is 288 g/mol. The van der Waals surface area contributed by atoms with Crippen LogP contribution in [0, 0.1) is 3.57 Å². The molecule has 1 nitrogen and oxygen atoms in total. The van der Waals surface area contributed by atoms with E-state index >= 15 is 0 Å². The van der Waals surface area contributed by atoms with Gasteiger partial charge < -0.3 is 4.79 Å². The van der Waals surface area contributed by atoms with E-state index in [0.717, 1.165) is 18.3 Å². The Morgan fingerprint density at radius 1 is 1.54 bits per heavy atom. The second-order valence-electron chi connectivity index (χ2n) is 3.10. The summed E-state index contributed by atoms with van der Waals surface area (Å²) < 4.78 is 1.24. The van der Waals surface area contributed by atoms with Crippen molar-refractivity contribution in [1.82, 2.24) is 0 Å². The van der Waals surface area contributed by atoms with Crippen LogP contribution in [0.25, 0.3) is 0 Å². The first-order chi connectivity index (χ1) is 6.20. The van der Waals surface area contributed by atoms with Crippen LogP contribution in [0.2, 0.25) is 0 Å². The number of hydrogen-bond acceptors (Lipinski definition) is 1. The summed E-state index contributed by atoms with van der Waals surface area (Å²) in [7, 11) is 0. The molecule has 1 aromatic rings. The van der Waals surface area contributed by atoms with E-state index in [2.05, 4.69) is 35.6 Å². The molecule has 0 heterocycles. The van der Waals surface area contributed by atoms with Crippen LogP contribution in [-0.2, 0) is 11.2 Å². The van der Waals surface area contributed by atoms with Gasteiger partial charge >= 0.3 is 0 Å². The van der Waals surface area contributed by atoms with Crippen LogP contribution in [0.5, 0.6) is 0 Å². The van der Waals surface area contributed by atoms with Crippen molar-refractivity contribution in [3.63, 3.8) is 0 Å². The van der Waals surface area contributed by atoms with Crippen molar-refractivity contribution >= 4 is 28.9 Å². The lowest BCUT2D eigenvalue weighted by molar-refractivity contribution is -0.108. The maximum absolute atomic E-state index is 10.7. The average Bonchev–Trinajstić information content (AvgIpc) is 2.17. The standard InChI is InChI=1S/C11H13IO/c1-3-9-5-4-6-10(11(9)12)8(2)7-13/h4-8H,3H2,1-2H3. The lowest BCUT2D eigenvalue weighted by Gasteiger charge is -2.10. The summed E-state index contributed by atoms with van der Waals surface area (Å²) >= 11 is 2.32. The summed E-state index contributed by atoms with van der Waals surface area (Å²) in [6.45, 7) is 4.07. The van der Waals surface area contributed by atoms with Gasteiger partial charge in [0.1, 0.15) is 6.29 Å². The van der Waals surface area contributed by atoms with Crippen LogP contribution < -0.4 is 0 Å². The predicted octanol–water partition coefficient (Wildman–Crippen LogP) is 3.16. The largest absolute Gasteiger partial charge is 0.303 e. The third-order valence-electron chi connectivity index (χ3n) is 2.18. The fraction of sp³-hybridized carbons (Fsp3) is 0.364. The third kappa shape index (κ3) is 2.30. The van der Waals surface area contributed by atoms with Gasteiger partial charge in [-0.05, 0) is 40.1 Å². The van der Waals surface area contributed by atoms with Crippen molar-refractivity contribution in [2.45, 2.75) is 26.2 Å². The minimum Gasteiger partial charge on any atom is -0.303 e. The van der Waals surface area contributed by atoms with E-state index in [4.69, 9.17) is 0 Å². The lowest BCUT2D eigenvalue weighted by atomic mass is 10.00. The highest BCUT2D eigenvalue weighted by Crippen LogP contribution is 2.23. The highest BCUT2D eigenvalue weighted by atomic mass is 127. The molecule has 0 aromatic heterocycles. The number of rotatable bonds is 3. The number of halogens is 1. The van der Waals surface area contributed by atoms with Gasteiger partial charge in [-0.2, -0.15) is 0 Å². The molecule has 70 valence electrons. The van der Waals surface area contributed by atoms with Crippen LogP contribution in [0.3, 0.4) is 0 Å². The average molecular weight is 288 g/mol. The Morgan fingerprint density at radius 3 is 2.77 bits per heavy atom. The highest BCUT2D eigenvalue weighted by Gasteiger charge is 2.09. The Morgan fingerprint density at radius 2 is 2.23 bits per heavy atom. The van der Waals surface area contributed by atoms with Gasteiger partial charge in [-0.3, -0.25) is 0 Å². The topological polar surface area (TPSA) is 17.1 Å². The summed E-state index contributed by atoms with van der Waals surface area (Å²) in [6, 6.07) is 6.17. The number of hydrogen-bond donors (Lipinski definition) is 0. The minimum absolute atomic E-state index is 0.0124. The van der Waals surface area contributed by atoms with E-state index in [-0.39, 0.29) is 5.92 Å². The molecule has 0 saturated carbocycles. The predicted molar refractivity (Wildman–Crippen MR) is 63.0 cm³/mol. The van der Waals surface area contributed by atoms with Gasteiger partial charge in [0.25, 0.3) is 0 Å². The van der Waals surface area contributed by atoms with Crippen LogP contribution in [-0.4, -0.2) is 6.29 Å². The SMILES string of the molecule is CCc1cccc(C(C)C=O)c1I. The highest BCUT2D eigenvalue weighted by molar-refractivity contribution is 14.1. The molecule has 0 saturated heterocycles. The Balaban J connectivity index is 3.14. The molecule has 1 rings (SSSR count). The number of aryl methyl sites for hydroxylation is 1. The number of aldehydes is 1. The molecule has 0 aliphatic carbocycles. The van der Waals surface area contributed by atoms with Crippen molar-refractivity contribution in [2.75, 3.05) is 0 Å². The molecule has 0 radical (unpaired) electrons. The van der Waals surface area contributed by atoms with E-state index in [1.807, 2.05) is 19.1 Å². The first-order valence-corrected chi connectivity index (χ1v) is 5.51. The molecular formula is C11H13IO. The Hall–Kier alpha value is -0.380. The summed E-state index contributed by atoms with van der Waals surface area (Å²) in [5, 5.41) is 0. The summed E-state index contributed by atoms with van der Waals surface area (Å²) in [4.78, 5) is 10.7. The zero-order valence-electron chi connectivity index (χ0n) is 7.88. The molecule has 0 spiro atoms. The van der Waals surface area contributed by atoms with E-state index in [0.29, 0.717) is 0 Å². The first-order valence-electron chi connectivity index (χ1n) is 4.43. The molecule has 0 bridgehead atoms. The van der Waals surface area contributed by atoms with E-state index < -0.39 is 0 Å². The fourth-order valence-corrected chi connectivity index (χ4v) is 2.53. The molecule has 0 aliphatic heterocycles. The van der Waals surface area contributed by atoms with Crippen LogP contribution in [0.1, 0.15) is 30.9 Å². The Bertz CT molecular complexity index is 307. The quantitative estimate of drug-likeness (QED) is 0.617. The van der Waals surface area contributed by atoms with Crippen LogP contribution >= 0.6 is 22.6 Å². The van der Waals surface area contributed by atoms with Crippen molar-refractivity contribution in [1.29, 1.82) is 0 Å². The third-order valence-corrected chi connectivity index (χ3v) is 3.50. The van der Waals surface area contributed by atoms with E-state index in [9.17, 15) is 4.79 Å². The molecule has 1 aromatic carbocycles. The summed E-state index contributed by atoms with van der Waals surface area (Å²) in [5.74, 6) is 0.0124. The normalized spacial score (nSPS) is 12.5.